The maximum absolute atomic E-state index is 13.2. The Bertz CT molecular complexity index is 356. The molecule has 0 aliphatic rings. The highest BCUT2D eigenvalue weighted by Crippen LogP contribution is 2.30. The summed E-state index contributed by atoms with van der Waals surface area (Å²) in [6, 6.07) is 3.85. The van der Waals surface area contributed by atoms with Gasteiger partial charge in [0, 0.05) is 4.47 Å². The summed E-state index contributed by atoms with van der Waals surface area (Å²) in [4.78, 5) is 0. The number of hydrogen-bond donors (Lipinski definition) is 2. The summed E-state index contributed by atoms with van der Waals surface area (Å²) in [6.45, 7) is 5.68. The Labute approximate surface area is 104 Å². The molecule has 2 nitrogen and oxygen atoms in total. The van der Waals surface area contributed by atoms with Crippen LogP contribution in [0.5, 0.6) is 0 Å². The van der Waals surface area contributed by atoms with Crippen LogP contribution in [0.25, 0.3) is 0 Å². The predicted molar refractivity (Wildman–Crippen MR) is 66.5 cm³/mol. The first-order valence-corrected chi connectivity index (χ1v) is 5.91. The van der Waals surface area contributed by atoms with E-state index in [1.54, 1.807) is 6.07 Å². The van der Waals surface area contributed by atoms with Gasteiger partial charge in [0.15, 0.2) is 0 Å². The molecule has 3 N–H and O–H groups in total. The van der Waals surface area contributed by atoms with E-state index in [2.05, 4.69) is 15.9 Å². The average Bonchev–Trinajstić information content (AvgIpc) is 2.12. The van der Waals surface area contributed by atoms with E-state index >= 15 is 0 Å². The molecule has 0 aromatic heterocycles. The maximum Gasteiger partial charge on any atom is 0.124 e. The number of aliphatic hydroxyl groups is 1. The number of benzene rings is 1. The molecule has 1 rings (SSSR count). The molecule has 90 valence electrons. The fourth-order valence-corrected chi connectivity index (χ4v) is 1.97. The number of halogens is 2. The van der Waals surface area contributed by atoms with Crippen LogP contribution in [-0.2, 0) is 0 Å². The van der Waals surface area contributed by atoms with Crippen molar-refractivity contribution in [3.63, 3.8) is 0 Å². The molecule has 0 saturated carbocycles. The Balaban J connectivity index is 3.00. The number of nitrogens with two attached hydrogens (primary N) is 1. The van der Waals surface area contributed by atoms with E-state index < -0.39 is 12.1 Å². The van der Waals surface area contributed by atoms with Crippen LogP contribution in [0.3, 0.4) is 0 Å². The van der Waals surface area contributed by atoms with E-state index in [1.165, 1.54) is 12.1 Å². The van der Waals surface area contributed by atoms with Crippen LogP contribution in [0.2, 0.25) is 0 Å². The molecule has 1 aromatic rings. The van der Waals surface area contributed by atoms with Crippen molar-refractivity contribution in [2.45, 2.75) is 32.9 Å². The lowest BCUT2D eigenvalue weighted by molar-refractivity contribution is 0.0400. The highest BCUT2D eigenvalue weighted by molar-refractivity contribution is 9.10. The first kappa shape index (κ1) is 13.6. The topological polar surface area (TPSA) is 46.2 Å². The molecule has 16 heavy (non-hydrogen) atoms. The third kappa shape index (κ3) is 3.27. The first-order valence-electron chi connectivity index (χ1n) is 5.11. The summed E-state index contributed by atoms with van der Waals surface area (Å²) in [5, 5.41) is 10.0. The van der Waals surface area contributed by atoms with Crippen LogP contribution in [0.1, 0.15) is 32.4 Å². The van der Waals surface area contributed by atoms with Gasteiger partial charge in [-0.15, -0.1) is 0 Å². The van der Waals surface area contributed by atoms with Gasteiger partial charge in [0.05, 0.1) is 12.1 Å². The van der Waals surface area contributed by atoms with Gasteiger partial charge in [-0.25, -0.2) is 4.39 Å². The van der Waals surface area contributed by atoms with Crippen molar-refractivity contribution in [1.82, 2.24) is 0 Å². The van der Waals surface area contributed by atoms with Crippen molar-refractivity contribution in [3.05, 3.63) is 34.1 Å². The average molecular weight is 290 g/mol. The molecule has 0 heterocycles. The highest BCUT2D eigenvalue weighted by Gasteiger charge is 2.29. The number of aliphatic hydroxyl groups excluding tert-OH is 1. The molecule has 0 aliphatic carbocycles. The summed E-state index contributed by atoms with van der Waals surface area (Å²) >= 11 is 3.20. The van der Waals surface area contributed by atoms with Gasteiger partial charge >= 0.3 is 0 Å². The zero-order valence-electron chi connectivity index (χ0n) is 9.67. The van der Waals surface area contributed by atoms with Gasteiger partial charge in [-0.2, -0.15) is 0 Å². The minimum atomic E-state index is -0.721. The largest absolute Gasteiger partial charge is 0.391 e. The molecule has 0 aliphatic heterocycles. The SMILES string of the molecule is CC(C)(C)[C@@H](O)[C@@H](N)c1cc(F)cc(Br)c1. The van der Waals surface area contributed by atoms with Gasteiger partial charge < -0.3 is 10.8 Å². The van der Waals surface area contributed by atoms with Gasteiger partial charge in [0.1, 0.15) is 5.82 Å². The molecule has 0 bridgehead atoms. The van der Waals surface area contributed by atoms with E-state index in [1.807, 2.05) is 20.8 Å². The molecular weight excluding hydrogens is 273 g/mol. The molecular formula is C12H17BrFNO. The molecule has 0 radical (unpaired) electrons. The summed E-state index contributed by atoms with van der Waals surface area (Å²) in [5.74, 6) is -0.360. The van der Waals surface area contributed by atoms with Gasteiger partial charge in [0.25, 0.3) is 0 Å². The third-order valence-electron chi connectivity index (χ3n) is 2.50. The predicted octanol–water partition coefficient (Wildman–Crippen LogP) is 3.00. The highest BCUT2D eigenvalue weighted by atomic mass is 79.9. The van der Waals surface area contributed by atoms with Gasteiger partial charge in [-0.05, 0) is 29.2 Å². The fraction of sp³-hybridized carbons (Fsp3) is 0.500. The lowest BCUT2D eigenvalue weighted by atomic mass is 9.82. The van der Waals surface area contributed by atoms with E-state index in [-0.39, 0.29) is 11.2 Å². The van der Waals surface area contributed by atoms with Crippen LogP contribution in [0.15, 0.2) is 22.7 Å². The van der Waals surface area contributed by atoms with E-state index in [0.717, 1.165) is 0 Å². The Morgan fingerprint density at radius 3 is 2.31 bits per heavy atom. The van der Waals surface area contributed by atoms with E-state index in [9.17, 15) is 9.50 Å². The van der Waals surface area contributed by atoms with Crippen molar-refractivity contribution in [2.24, 2.45) is 11.1 Å². The van der Waals surface area contributed by atoms with E-state index in [4.69, 9.17) is 5.73 Å². The zero-order valence-corrected chi connectivity index (χ0v) is 11.3. The second-order valence-electron chi connectivity index (χ2n) is 5.04. The van der Waals surface area contributed by atoms with Gasteiger partial charge in [0.2, 0.25) is 0 Å². The molecule has 0 spiro atoms. The minimum absolute atomic E-state index is 0.335. The Morgan fingerprint density at radius 1 is 1.31 bits per heavy atom. The lowest BCUT2D eigenvalue weighted by Gasteiger charge is -2.31. The zero-order chi connectivity index (χ0) is 12.5. The molecule has 0 unspecified atom stereocenters. The molecule has 1 aromatic carbocycles. The Kier molecular flexibility index (Phi) is 4.10. The summed E-state index contributed by atoms with van der Waals surface area (Å²) in [6.07, 6.45) is -0.721. The molecule has 0 saturated heterocycles. The van der Waals surface area contributed by atoms with E-state index in [0.29, 0.717) is 10.0 Å². The van der Waals surface area contributed by atoms with Crippen molar-refractivity contribution in [3.8, 4) is 0 Å². The van der Waals surface area contributed by atoms with Crippen LogP contribution in [0.4, 0.5) is 4.39 Å². The second-order valence-corrected chi connectivity index (χ2v) is 5.96. The van der Waals surface area contributed by atoms with Crippen LogP contribution in [0, 0.1) is 11.2 Å². The number of hydrogen-bond acceptors (Lipinski definition) is 2. The van der Waals surface area contributed by atoms with Crippen molar-refractivity contribution in [1.29, 1.82) is 0 Å². The quantitative estimate of drug-likeness (QED) is 0.879. The Morgan fingerprint density at radius 2 is 1.88 bits per heavy atom. The van der Waals surface area contributed by atoms with Crippen molar-refractivity contribution in [2.75, 3.05) is 0 Å². The standard InChI is InChI=1S/C12H17BrFNO/c1-12(2,3)11(16)10(15)7-4-8(13)6-9(14)5-7/h4-6,10-11,16H,15H2,1-3H3/t10-,11-/m0/s1. The normalized spacial score (nSPS) is 15.9. The van der Waals surface area contributed by atoms with Crippen LogP contribution < -0.4 is 5.73 Å². The summed E-state index contributed by atoms with van der Waals surface area (Å²) < 4.78 is 13.8. The van der Waals surface area contributed by atoms with Crippen molar-refractivity contribution >= 4 is 15.9 Å². The van der Waals surface area contributed by atoms with Crippen LogP contribution >= 0.6 is 15.9 Å². The second kappa shape index (κ2) is 4.82. The Hall–Kier alpha value is -0.450. The summed E-state index contributed by atoms with van der Waals surface area (Å²) in [7, 11) is 0. The third-order valence-corrected chi connectivity index (χ3v) is 2.96. The lowest BCUT2D eigenvalue weighted by Crippen LogP contribution is -2.37. The molecule has 0 amide bonds. The van der Waals surface area contributed by atoms with Gasteiger partial charge in [-0.1, -0.05) is 36.7 Å². The van der Waals surface area contributed by atoms with Crippen molar-refractivity contribution < 1.29 is 9.50 Å². The smallest absolute Gasteiger partial charge is 0.124 e. The minimum Gasteiger partial charge on any atom is -0.391 e. The maximum atomic E-state index is 13.2. The number of rotatable bonds is 2. The summed E-state index contributed by atoms with van der Waals surface area (Å²) in [5.41, 5.74) is 6.18. The monoisotopic (exact) mass is 289 g/mol. The molecule has 2 atom stereocenters. The molecule has 4 heteroatoms. The van der Waals surface area contributed by atoms with Crippen LogP contribution in [-0.4, -0.2) is 11.2 Å². The van der Waals surface area contributed by atoms with Gasteiger partial charge in [-0.3, -0.25) is 0 Å². The molecule has 0 fully saturated rings. The fourth-order valence-electron chi connectivity index (χ4n) is 1.49. The first-order chi connectivity index (χ1) is 7.21.